The maximum absolute atomic E-state index is 10.8. The van der Waals surface area contributed by atoms with Crippen molar-refractivity contribution >= 4 is 71.9 Å². The molecule has 0 aromatic heterocycles. The van der Waals surface area contributed by atoms with Gasteiger partial charge in [0.2, 0.25) is 0 Å². The van der Waals surface area contributed by atoms with Crippen molar-refractivity contribution < 1.29 is 9.53 Å². The molecule has 0 saturated heterocycles. The number of esters is 1. The third-order valence-corrected chi connectivity index (χ3v) is 9.54. The molecule has 0 spiro atoms. The second-order valence-corrected chi connectivity index (χ2v) is 42.9. The van der Waals surface area contributed by atoms with E-state index in [1.54, 1.807) is 0 Å². The summed E-state index contributed by atoms with van der Waals surface area (Å²) in [5, 5.41) is 0. The van der Waals surface area contributed by atoms with Crippen LogP contribution in [0.3, 0.4) is 0 Å². The fraction of sp³-hybridized carbons (Fsp3) is 0.824. The quantitative estimate of drug-likeness (QED) is 0.0420. The van der Waals surface area contributed by atoms with Crippen LogP contribution in [0.15, 0.2) is 12.7 Å². The smallest absolute Gasteiger partial charge is 0.330 e. The van der Waals surface area contributed by atoms with Crippen molar-refractivity contribution in [2.24, 2.45) is 0 Å². The Bertz CT molecular complexity index is 307. The van der Waals surface area contributed by atoms with Gasteiger partial charge in [0.1, 0.15) is 0 Å². The number of hydrogen-bond acceptors (Lipinski definition) is 2. The lowest BCUT2D eigenvalue weighted by Crippen LogP contribution is -2.03. The lowest BCUT2D eigenvalue weighted by atomic mass is 10.1. The molecule has 0 amide bonds. The van der Waals surface area contributed by atoms with E-state index in [9.17, 15) is 4.79 Å². The summed E-state index contributed by atoms with van der Waals surface area (Å²) < 4.78 is 4.07. The monoisotopic (exact) mass is 676 g/mol. The number of halogens is 3. The van der Waals surface area contributed by atoms with E-state index in [1.807, 2.05) is 0 Å². The summed E-state index contributed by atoms with van der Waals surface area (Å²) in [6.07, 6.45) is 17.2. The normalized spacial score (nSPS) is 11.4. The summed E-state index contributed by atoms with van der Waals surface area (Å²) in [5.74, 6) is -0.302. The standard InChI is InChI=1S/C17H31I3O2Si/c1-2-17(21)22-15-13-11-9-7-5-3-4-6-8-10-12-14-16-23(18,19)20/h2H,1,3-16H2. The Balaban J connectivity index is 3.08. The topological polar surface area (TPSA) is 26.3 Å². The van der Waals surface area contributed by atoms with E-state index in [0.717, 1.165) is 6.42 Å². The molecule has 0 aromatic carbocycles. The van der Waals surface area contributed by atoms with Gasteiger partial charge in [-0.3, -0.25) is 0 Å². The highest BCUT2D eigenvalue weighted by atomic mass is 127. The molecule has 0 unspecified atom stereocenters. The van der Waals surface area contributed by atoms with Crippen LogP contribution in [0, 0.1) is 0 Å². The number of carbonyl (C=O) groups is 1. The Labute approximate surface area is 182 Å². The number of ether oxygens (including phenoxy) is 1. The molecule has 0 aliphatic heterocycles. The molecule has 0 radical (unpaired) electrons. The summed E-state index contributed by atoms with van der Waals surface area (Å²) in [6, 6.07) is 1.46. The first-order valence-electron chi connectivity index (χ1n) is 8.81. The van der Waals surface area contributed by atoms with E-state index in [4.69, 9.17) is 4.74 Å². The van der Waals surface area contributed by atoms with Gasteiger partial charge >= 0.3 is 5.97 Å². The van der Waals surface area contributed by atoms with E-state index in [2.05, 4.69) is 72.0 Å². The minimum atomic E-state index is -0.887. The van der Waals surface area contributed by atoms with E-state index in [1.165, 1.54) is 82.7 Å². The summed E-state index contributed by atoms with van der Waals surface area (Å²) in [4.78, 5) is 10.8. The fourth-order valence-electron chi connectivity index (χ4n) is 2.43. The van der Waals surface area contributed by atoms with Crippen LogP contribution in [-0.2, 0) is 9.53 Å². The minimum Gasteiger partial charge on any atom is -0.463 e. The first-order valence-corrected chi connectivity index (χ1v) is 20.4. The van der Waals surface area contributed by atoms with Gasteiger partial charge in [-0.25, -0.2) is 4.79 Å². The Hall–Kier alpha value is 1.62. The molecule has 0 saturated carbocycles. The minimum absolute atomic E-state index is 0.302. The van der Waals surface area contributed by atoms with E-state index in [-0.39, 0.29) is 5.97 Å². The van der Waals surface area contributed by atoms with Crippen LogP contribution in [0.2, 0.25) is 6.04 Å². The van der Waals surface area contributed by atoms with Crippen molar-refractivity contribution in [1.82, 2.24) is 0 Å². The fourth-order valence-corrected chi connectivity index (χ4v) is 6.51. The van der Waals surface area contributed by atoms with Crippen molar-refractivity contribution in [1.29, 1.82) is 0 Å². The van der Waals surface area contributed by atoms with Crippen LogP contribution in [0.5, 0.6) is 0 Å². The molecule has 2 nitrogen and oxygen atoms in total. The average Bonchev–Trinajstić information content (AvgIpc) is 2.49. The molecule has 0 aromatic rings. The molecule has 0 fully saturated rings. The molecule has 23 heavy (non-hydrogen) atoms. The molecular formula is C17H31I3O2Si. The number of carbonyl (C=O) groups excluding carboxylic acids is 1. The Morgan fingerprint density at radius 1 is 0.783 bits per heavy atom. The van der Waals surface area contributed by atoms with Crippen molar-refractivity contribution in [3.8, 4) is 0 Å². The molecule has 0 aliphatic carbocycles. The molecule has 0 heterocycles. The van der Waals surface area contributed by atoms with E-state index >= 15 is 0 Å². The Morgan fingerprint density at radius 3 is 1.57 bits per heavy atom. The largest absolute Gasteiger partial charge is 0.463 e. The first-order chi connectivity index (χ1) is 11.0. The summed E-state index contributed by atoms with van der Waals surface area (Å²) in [7, 11) is 0. The molecular weight excluding hydrogens is 645 g/mol. The molecule has 0 N–H and O–H groups in total. The maximum Gasteiger partial charge on any atom is 0.330 e. The SMILES string of the molecule is C=CC(=O)OCCCCCCCCCCCCCC[Si](I)(I)I. The average molecular weight is 676 g/mol. The number of hydrogen-bond donors (Lipinski definition) is 0. The predicted octanol–water partition coefficient (Wildman–Crippen LogP) is 7.64. The van der Waals surface area contributed by atoms with Gasteiger partial charge in [0.05, 0.1) is 6.61 Å². The molecule has 0 rings (SSSR count). The Kier molecular flexibility index (Phi) is 18.3. The number of rotatable bonds is 16. The van der Waals surface area contributed by atoms with Crippen molar-refractivity contribution in [3.05, 3.63) is 12.7 Å². The van der Waals surface area contributed by atoms with Gasteiger partial charge in [0.15, 0.2) is 0 Å². The van der Waals surface area contributed by atoms with E-state index < -0.39 is 0.564 Å². The van der Waals surface area contributed by atoms with Gasteiger partial charge in [0.25, 0.3) is 0.564 Å². The number of unbranched alkanes of at least 4 members (excludes halogenated alkanes) is 11. The van der Waals surface area contributed by atoms with Crippen LogP contribution in [0.4, 0.5) is 0 Å². The zero-order valence-corrected chi connectivity index (χ0v) is 21.6. The van der Waals surface area contributed by atoms with Crippen molar-refractivity contribution in [2.75, 3.05) is 6.61 Å². The lowest BCUT2D eigenvalue weighted by Gasteiger charge is -2.08. The molecule has 0 aliphatic rings. The summed E-state index contributed by atoms with van der Waals surface area (Å²) in [5.41, 5.74) is 0. The van der Waals surface area contributed by atoms with Gasteiger partial charge in [-0.1, -0.05) is 143 Å². The molecule has 136 valence electrons. The Morgan fingerprint density at radius 2 is 1.17 bits per heavy atom. The van der Waals surface area contributed by atoms with Crippen LogP contribution in [0.1, 0.15) is 77.0 Å². The van der Waals surface area contributed by atoms with Gasteiger partial charge in [-0.15, -0.1) is 0 Å². The summed E-state index contributed by atoms with van der Waals surface area (Å²) >= 11 is 7.99. The maximum atomic E-state index is 10.8. The second kappa shape index (κ2) is 17.1. The van der Waals surface area contributed by atoms with Gasteiger partial charge in [0, 0.05) is 6.08 Å². The summed E-state index contributed by atoms with van der Waals surface area (Å²) in [6.45, 7) is 3.92. The first kappa shape index (κ1) is 24.6. The highest BCUT2D eigenvalue weighted by Gasteiger charge is 2.19. The van der Waals surface area contributed by atoms with Crippen LogP contribution < -0.4 is 0 Å². The van der Waals surface area contributed by atoms with E-state index in [0.29, 0.717) is 6.61 Å². The lowest BCUT2D eigenvalue weighted by molar-refractivity contribution is -0.137. The third-order valence-electron chi connectivity index (χ3n) is 3.77. The van der Waals surface area contributed by atoms with Crippen LogP contribution in [-0.4, -0.2) is 13.1 Å². The molecule has 6 heteroatoms. The van der Waals surface area contributed by atoms with Gasteiger partial charge in [-0.05, 0) is 12.5 Å². The van der Waals surface area contributed by atoms with Crippen LogP contribution in [0.25, 0.3) is 0 Å². The zero-order valence-electron chi connectivity index (χ0n) is 14.1. The molecule has 0 atom stereocenters. The zero-order chi connectivity index (χ0) is 17.4. The second-order valence-electron chi connectivity index (χ2n) is 5.98. The van der Waals surface area contributed by atoms with Gasteiger partial charge in [-0.2, -0.15) is 0 Å². The highest BCUT2D eigenvalue weighted by Crippen LogP contribution is 2.35. The van der Waals surface area contributed by atoms with Crippen molar-refractivity contribution in [3.63, 3.8) is 0 Å². The highest BCUT2D eigenvalue weighted by molar-refractivity contribution is 14.4. The third kappa shape index (κ3) is 21.6. The van der Waals surface area contributed by atoms with Gasteiger partial charge < -0.3 is 4.74 Å². The predicted molar refractivity (Wildman–Crippen MR) is 129 cm³/mol. The molecule has 0 bridgehead atoms. The van der Waals surface area contributed by atoms with Crippen LogP contribution >= 0.6 is 65.4 Å². The van der Waals surface area contributed by atoms with Crippen molar-refractivity contribution in [2.45, 2.75) is 83.1 Å².